The molecule has 2 aromatic rings. The number of nitrogens with one attached hydrogen (secondary N) is 1. The van der Waals surface area contributed by atoms with Gasteiger partial charge in [-0.15, -0.1) is 0 Å². The first kappa shape index (κ1) is 8.67. The molecule has 1 aliphatic rings. The fourth-order valence-electron chi connectivity index (χ4n) is 2.07. The van der Waals surface area contributed by atoms with Crippen molar-refractivity contribution in [2.45, 2.75) is 12.5 Å². The summed E-state index contributed by atoms with van der Waals surface area (Å²) in [6, 6.07) is 1.97. The summed E-state index contributed by atoms with van der Waals surface area (Å²) in [5.74, 6) is 0. The Morgan fingerprint density at radius 3 is 3.27 bits per heavy atom. The van der Waals surface area contributed by atoms with Crippen LogP contribution in [-0.2, 0) is 0 Å². The first-order valence-corrected chi connectivity index (χ1v) is 5.06. The van der Waals surface area contributed by atoms with E-state index >= 15 is 0 Å². The zero-order valence-electron chi connectivity index (χ0n) is 8.22. The van der Waals surface area contributed by atoms with Gasteiger partial charge < -0.3 is 10.0 Å². The summed E-state index contributed by atoms with van der Waals surface area (Å²) in [6.07, 6.45) is 4.17. The molecule has 0 bridgehead atoms. The largest absolute Gasteiger partial charge is 0.391 e. The summed E-state index contributed by atoms with van der Waals surface area (Å²) in [5, 5.41) is 17.3. The van der Waals surface area contributed by atoms with Gasteiger partial charge in [0.25, 0.3) is 0 Å². The molecule has 2 aromatic heterocycles. The summed E-state index contributed by atoms with van der Waals surface area (Å²) < 4.78 is 0. The highest BCUT2D eigenvalue weighted by molar-refractivity contribution is 5.88. The van der Waals surface area contributed by atoms with Crippen molar-refractivity contribution < 1.29 is 5.11 Å². The van der Waals surface area contributed by atoms with E-state index in [4.69, 9.17) is 0 Å². The van der Waals surface area contributed by atoms with Crippen molar-refractivity contribution in [1.29, 1.82) is 0 Å². The van der Waals surface area contributed by atoms with Gasteiger partial charge in [-0.3, -0.25) is 5.10 Å². The lowest BCUT2D eigenvalue weighted by atomic mass is 10.3. The predicted molar refractivity (Wildman–Crippen MR) is 56.7 cm³/mol. The number of β-amino-alcohol motifs (C(OH)–C–C–N with tert-alkyl or cyclic N) is 1. The van der Waals surface area contributed by atoms with Gasteiger partial charge in [-0.05, 0) is 12.5 Å². The Morgan fingerprint density at radius 1 is 1.53 bits per heavy atom. The quantitative estimate of drug-likeness (QED) is 0.711. The number of fused-ring (bicyclic) bond motifs is 1. The second-order valence-electron chi connectivity index (χ2n) is 3.85. The van der Waals surface area contributed by atoms with Gasteiger partial charge in [0, 0.05) is 19.3 Å². The minimum Gasteiger partial charge on any atom is -0.391 e. The average Bonchev–Trinajstić information content (AvgIpc) is 2.84. The number of aromatic nitrogens is 3. The van der Waals surface area contributed by atoms with Crippen molar-refractivity contribution in [2.24, 2.45) is 0 Å². The van der Waals surface area contributed by atoms with Crippen LogP contribution >= 0.6 is 0 Å². The number of aliphatic hydroxyl groups excluding tert-OH is 1. The molecule has 1 saturated heterocycles. The number of hydrogen-bond acceptors (Lipinski definition) is 4. The van der Waals surface area contributed by atoms with Crippen LogP contribution in [0.1, 0.15) is 6.42 Å². The van der Waals surface area contributed by atoms with Gasteiger partial charge in [-0.25, -0.2) is 4.98 Å². The molecule has 15 heavy (non-hydrogen) atoms. The number of H-pyrrole nitrogens is 1. The number of aliphatic hydroxyl groups is 1. The van der Waals surface area contributed by atoms with Crippen LogP contribution in [0.4, 0.5) is 5.69 Å². The van der Waals surface area contributed by atoms with Crippen molar-refractivity contribution in [3.8, 4) is 0 Å². The number of anilines is 1. The maximum absolute atomic E-state index is 9.50. The van der Waals surface area contributed by atoms with E-state index in [2.05, 4.69) is 20.1 Å². The smallest absolute Gasteiger partial charge is 0.157 e. The number of rotatable bonds is 1. The third-order valence-corrected chi connectivity index (χ3v) is 2.84. The molecule has 0 spiro atoms. The average molecular weight is 204 g/mol. The van der Waals surface area contributed by atoms with E-state index in [1.54, 1.807) is 12.4 Å². The molecule has 1 fully saturated rings. The van der Waals surface area contributed by atoms with Gasteiger partial charge in [0.05, 0.1) is 23.4 Å². The van der Waals surface area contributed by atoms with Gasteiger partial charge in [0.15, 0.2) is 5.65 Å². The molecule has 0 radical (unpaired) electrons. The van der Waals surface area contributed by atoms with Crippen LogP contribution in [0.25, 0.3) is 11.0 Å². The molecule has 0 amide bonds. The fraction of sp³-hybridized carbons (Fsp3) is 0.400. The van der Waals surface area contributed by atoms with E-state index in [0.717, 1.165) is 29.7 Å². The lowest BCUT2D eigenvalue weighted by Crippen LogP contribution is -2.21. The van der Waals surface area contributed by atoms with E-state index in [9.17, 15) is 5.11 Å². The third kappa shape index (κ3) is 1.35. The predicted octanol–water partition coefficient (Wildman–Crippen LogP) is 0.529. The Balaban J connectivity index is 2.06. The van der Waals surface area contributed by atoms with Crippen LogP contribution in [-0.4, -0.2) is 39.5 Å². The Bertz CT molecular complexity index is 481. The molecule has 0 aromatic carbocycles. The van der Waals surface area contributed by atoms with Crippen LogP contribution in [0.15, 0.2) is 18.5 Å². The molecule has 3 heterocycles. The van der Waals surface area contributed by atoms with Crippen LogP contribution in [0.5, 0.6) is 0 Å². The molecule has 78 valence electrons. The highest BCUT2D eigenvalue weighted by atomic mass is 16.3. The van der Waals surface area contributed by atoms with E-state index in [-0.39, 0.29) is 6.10 Å². The van der Waals surface area contributed by atoms with Crippen molar-refractivity contribution in [1.82, 2.24) is 15.2 Å². The summed E-state index contributed by atoms with van der Waals surface area (Å²) >= 11 is 0. The molecule has 3 rings (SSSR count). The molecule has 2 N–H and O–H groups in total. The third-order valence-electron chi connectivity index (χ3n) is 2.84. The Kier molecular flexibility index (Phi) is 1.85. The summed E-state index contributed by atoms with van der Waals surface area (Å²) in [5.41, 5.74) is 1.90. The number of hydrogen-bond donors (Lipinski definition) is 2. The highest BCUT2D eigenvalue weighted by Gasteiger charge is 2.22. The standard InChI is InChI=1S/C10H12N4O/c15-7-2-4-14(6-7)9-1-3-11-10-8(9)5-12-13-10/h1,3,5,7,15H,2,4,6H2,(H,11,12,13)/t7-/m0/s1. The number of nitrogens with zero attached hydrogens (tertiary/aromatic N) is 3. The Labute approximate surface area is 86.7 Å². The van der Waals surface area contributed by atoms with Gasteiger partial charge in [-0.1, -0.05) is 0 Å². The van der Waals surface area contributed by atoms with E-state index < -0.39 is 0 Å². The van der Waals surface area contributed by atoms with Crippen LogP contribution in [0, 0.1) is 0 Å². The first-order valence-electron chi connectivity index (χ1n) is 5.06. The Hall–Kier alpha value is -1.62. The van der Waals surface area contributed by atoms with Crippen molar-refractivity contribution in [2.75, 3.05) is 18.0 Å². The number of pyridine rings is 1. The molecule has 0 unspecified atom stereocenters. The van der Waals surface area contributed by atoms with Gasteiger partial charge in [0.1, 0.15) is 0 Å². The van der Waals surface area contributed by atoms with Gasteiger partial charge in [-0.2, -0.15) is 5.10 Å². The van der Waals surface area contributed by atoms with Crippen LogP contribution < -0.4 is 4.90 Å². The lowest BCUT2D eigenvalue weighted by molar-refractivity contribution is 0.198. The van der Waals surface area contributed by atoms with Crippen molar-refractivity contribution in [3.05, 3.63) is 18.5 Å². The van der Waals surface area contributed by atoms with Gasteiger partial charge in [0.2, 0.25) is 0 Å². The molecule has 5 heteroatoms. The number of aromatic amines is 1. The van der Waals surface area contributed by atoms with Gasteiger partial charge >= 0.3 is 0 Å². The maximum Gasteiger partial charge on any atom is 0.157 e. The molecule has 5 nitrogen and oxygen atoms in total. The molecular weight excluding hydrogens is 192 g/mol. The molecule has 1 aliphatic heterocycles. The molecular formula is C10H12N4O. The van der Waals surface area contributed by atoms with E-state index in [1.165, 1.54) is 0 Å². The second-order valence-corrected chi connectivity index (χ2v) is 3.85. The SMILES string of the molecule is O[C@H]1CCN(c2ccnc3[nH]ncc23)C1. The summed E-state index contributed by atoms with van der Waals surface area (Å²) in [7, 11) is 0. The molecule has 0 aliphatic carbocycles. The monoisotopic (exact) mass is 204 g/mol. The second kappa shape index (κ2) is 3.20. The minimum absolute atomic E-state index is 0.208. The topological polar surface area (TPSA) is 65.0 Å². The van der Waals surface area contributed by atoms with E-state index in [1.807, 2.05) is 6.07 Å². The van der Waals surface area contributed by atoms with Crippen molar-refractivity contribution in [3.63, 3.8) is 0 Å². The van der Waals surface area contributed by atoms with Crippen LogP contribution in [0.2, 0.25) is 0 Å². The normalized spacial score (nSPS) is 21.4. The van der Waals surface area contributed by atoms with E-state index in [0.29, 0.717) is 6.54 Å². The molecule has 1 atom stereocenters. The minimum atomic E-state index is -0.208. The lowest BCUT2D eigenvalue weighted by Gasteiger charge is -2.17. The van der Waals surface area contributed by atoms with Crippen molar-refractivity contribution >= 4 is 16.7 Å². The maximum atomic E-state index is 9.50. The zero-order valence-corrected chi connectivity index (χ0v) is 8.22. The fourth-order valence-corrected chi connectivity index (χ4v) is 2.07. The first-order chi connectivity index (χ1) is 7.34. The summed E-state index contributed by atoms with van der Waals surface area (Å²) in [4.78, 5) is 6.36. The molecule has 0 saturated carbocycles. The summed E-state index contributed by atoms with van der Waals surface area (Å²) in [6.45, 7) is 1.59. The van der Waals surface area contributed by atoms with Crippen LogP contribution in [0.3, 0.4) is 0 Å². The Morgan fingerprint density at radius 2 is 2.47 bits per heavy atom. The zero-order chi connectivity index (χ0) is 10.3. The highest BCUT2D eigenvalue weighted by Crippen LogP contribution is 2.26.